The summed E-state index contributed by atoms with van der Waals surface area (Å²) >= 11 is 7.22. The monoisotopic (exact) mass is 316 g/mol. The molecule has 0 unspecified atom stereocenters. The Morgan fingerprint density at radius 1 is 1.42 bits per heavy atom. The lowest BCUT2D eigenvalue weighted by Crippen LogP contribution is -2.14. The van der Waals surface area contributed by atoms with Crippen LogP contribution in [0.25, 0.3) is 0 Å². The molecular formula is C12H13ClN2O2S2. The molecule has 0 aliphatic rings. The fraction of sp³-hybridized carbons (Fsp3) is 0.250. The molecule has 4 nitrogen and oxygen atoms in total. The number of aromatic nitrogens is 1. The van der Waals surface area contributed by atoms with Crippen LogP contribution in [0.4, 0.5) is 5.13 Å². The van der Waals surface area contributed by atoms with Gasteiger partial charge in [-0.15, -0.1) is 11.3 Å². The summed E-state index contributed by atoms with van der Waals surface area (Å²) in [6.07, 6.45) is 0.772. The molecule has 102 valence electrons. The molecule has 0 saturated heterocycles. The highest BCUT2D eigenvalue weighted by molar-refractivity contribution is 7.93. The highest BCUT2D eigenvalue weighted by Crippen LogP contribution is 2.26. The van der Waals surface area contributed by atoms with E-state index in [-0.39, 0.29) is 4.90 Å². The zero-order chi connectivity index (χ0) is 14.0. The topological polar surface area (TPSA) is 59.1 Å². The molecule has 0 amide bonds. The van der Waals surface area contributed by atoms with Crippen molar-refractivity contribution in [2.75, 3.05) is 4.72 Å². The van der Waals surface area contributed by atoms with Crippen molar-refractivity contribution in [3.63, 3.8) is 0 Å². The molecule has 0 aliphatic carbocycles. The lowest BCUT2D eigenvalue weighted by atomic mass is 10.2. The second-order valence-corrected chi connectivity index (χ2v) is 6.88. The van der Waals surface area contributed by atoms with Gasteiger partial charge < -0.3 is 0 Å². The van der Waals surface area contributed by atoms with Gasteiger partial charge in [0.15, 0.2) is 5.13 Å². The van der Waals surface area contributed by atoms with Crippen LogP contribution in [0.2, 0.25) is 5.02 Å². The van der Waals surface area contributed by atoms with Crippen LogP contribution in [0.3, 0.4) is 0 Å². The van der Waals surface area contributed by atoms with Crippen LogP contribution in [-0.2, 0) is 16.4 Å². The summed E-state index contributed by atoms with van der Waals surface area (Å²) in [4.78, 5) is 4.36. The number of nitrogens with one attached hydrogen (secondary N) is 1. The van der Waals surface area contributed by atoms with Crippen LogP contribution in [0.1, 0.15) is 18.2 Å². The zero-order valence-corrected chi connectivity index (χ0v) is 12.9. The maximum absolute atomic E-state index is 12.3. The van der Waals surface area contributed by atoms with Crippen LogP contribution in [0.5, 0.6) is 0 Å². The van der Waals surface area contributed by atoms with E-state index < -0.39 is 10.0 Å². The summed E-state index contributed by atoms with van der Waals surface area (Å²) in [7, 11) is -3.65. The van der Waals surface area contributed by atoms with Gasteiger partial charge in [-0.25, -0.2) is 13.4 Å². The largest absolute Gasteiger partial charge is 0.263 e. The Labute approximate surface area is 121 Å². The van der Waals surface area contributed by atoms with E-state index in [1.54, 1.807) is 19.1 Å². The molecule has 0 saturated carbocycles. The molecule has 1 N–H and O–H groups in total. The third-order valence-electron chi connectivity index (χ3n) is 2.64. The number of benzene rings is 1. The molecule has 1 aromatic heterocycles. The van der Waals surface area contributed by atoms with E-state index in [0.717, 1.165) is 12.1 Å². The standard InChI is InChI=1S/C12H13ClN2O2S2/c1-3-9-7-18-12(14-9)15-19(16,17)11-6-4-5-10(13)8(11)2/h4-7H,3H2,1-2H3,(H,14,15). The molecule has 19 heavy (non-hydrogen) atoms. The number of hydrogen-bond donors (Lipinski definition) is 1. The van der Waals surface area contributed by atoms with Gasteiger partial charge in [0.2, 0.25) is 0 Å². The molecule has 0 atom stereocenters. The van der Waals surface area contributed by atoms with Gasteiger partial charge in [0.25, 0.3) is 10.0 Å². The van der Waals surface area contributed by atoms with Crippen molar-refractivity contribution in [1.82, 2.24) is 4.98 Å². The maximum atomic E-state index is 12.3. The van der Waals surface area contributed by atoms with E-state index in [1.165, 1.54) is 17.4 Å². The fourth-order valence-electron chi connectivity index (χ4n) is 1.56. The van der Waals surface area contributed by atoms with E-state index in [1.807, 2.05) is 12.3 Å². The van der Waals surface area contributed by atoms with Crippen molar-refractivity contribution in [3.05, 3.63) is 39.9 Å². The first kappa shape index (κ1) is 14.3. The molecule has 0 radical (unpaired) electrons. The smallest absolute Gasteiger partial charge is 0.255 e. The Morgan fingerprint density at radius 2 is 2.16 bits per heavy atom. The fourth-order valence-corrected chi connectivity index (χ4v) is 4.11. The van der Waals surface area contributed by atoms with Crippen molar-refractivity contribution in [2.24, 2.45) is 0 Å². The van der Waals surface area contributed by atoms with E-state index in [0.29, 0.717) is 15.7 Å². The second kappa shape index (κ2) is 5.48. The molecule has 1 aromatic carbocycles. The number of anilines is 1. The van der Waals surface area contributed by atoms with Crippen molar-refractivity contribution < 1.29 is 8.42 Å². The number of sulfonamides is 1. The maximum Gasteiger partial charge on any atom is 0.263 e. The van der Waals surface area contributed by atoms with Gasteiger partial charge in [-0.05, 0) is 31.0 Å². The van der Waals surface area contributed by atoms with Gasteiger partial charge in [-0.1, -0.05) is 24.6 Å². The first-order valence-electron chi connectivity index (χ1n) is 5.66. The van der Waals surface area contributed by atoms with Crippen molar-refractivity contribution in [2.45, 2.75) is 25.2 Å². The van der Waals surface area contributed by atoms with Gasteiger partial charge >= 0.3 is 0 Å². The summed E-state index contributed by atoms with van der Waals surface area (Å²) in [5, 5.41) is 2.63. The van der Waals surface area contributed by atoms with Crippen LogP contribution in [0, 0.1) is 6.92 Å². The Bertz CT molecular complexity index is 696. The van der Waals surface area contributed by atoms with Crippen molar-refractivity contribution in [1.29, 1.82) is 0 Å². The van der Waals surface area contributed by atoms with Crippen LogP contribution in [-0.4, -0.2) is 13.4 Å². The lowest BCUT2D eigenvalue weighted by molar-refractivity contribution is 0.600. The number of halogens is 1. The normalized spacial score (nSPS) is 11.5. The molecule has 2 rings (SSSR count). The van der Waals surface area contributed by atoms with Crippen molar-refractivity contribution >= 4 is 38.1 Å². The van der Waals surface area contributed by atoms with E-state index >= 15 is 0 Å². The van der Waals surface area contributed by atoms with E-state index in [2.05, 4.69) is 9.71 Å². The van der Waals surface area contributed by atoms with Gasteiger partial charge in [0.05, 0.1) is 10.6 Å². The third kappa shape index (κ3) is 3.08. The second-order valence-electron chi connectivity index (χ2n) is 3.97. The molecule has 0 fully saturated rings. The molecule has 7 heteroatoms. The molecule has 0 spiro atoms. The van der Waals surface area contributed by atoms with Gasteiger partial charge in [-0.2, -0.15) is 0 Å². The summed E-state index contributed by atoms with van der Waals surface area (Å²) in [6, 6.07) is 4.80. The average Bonchev–Trinajstić information content (AvgIpc) is 2.79. The SMILES string of the molecule is CCc1csc(NS(=O)(=O)c2cccc(Cl)c2C)n1. The van der Waals surface area contributed by atoms with Crippen molar-refractivity contribution in [3.8, 4) is 0 Å². The summed E-state index contributed by atoms with van der Waals surface area (Å²) in [6.45, 7) is 3.64. The average molecular weight is 317 g/mol. The lowest BCUT2D eigenvalue weighted by Gasteiger charge is -2.09. The predicted molar refractivity (Wildman–Crippen MR) is 78.5 cm³/mol. The minimum absolute atomic E-state index is 0.174. The van der Waals surface area contributed by atoms with Crippen LogP contribution >= 0.6 is 22.9 Å². The number of rotatable bonds is 4. The molecule has 0 bridgehead atoms. The number of nitrogens with zero attached hydrogens (tertiary/aromatic N) is 1. The van der Waals surface area contributed by atoms with Gasteiger partial charge in [0.1, 0.15) is 0 Å². The minimum Gasteiger partial charge on any atom is -0.255 e. The summed E-state index contributed by atoms with van der Waals surface area (Å²) in [5.41, 5.74) is 1.40. The minimum atomic E-state index is -3.65. The highest BCUT2D eigenvalue weighted by atomic mass is 35.5. The summed E-state index contributed by atoms with van der Waals surface area (Å²) in [5.74, 6) is 0. The van der Waals surface area contributed by atoms with Gasteiger partial charge in [-0.3, -0.25) is 4.72 Å². The highest BCUT2D eigenvalue weighted by Gasteiger charge is 2.19. The Hall–Kier alpha value is -1.11. The van der Waals surface area contributed by atoms with E-state index in [9.17, 15) is 8.42 Å². The number of hydrogen-bond acceptors (Lipinski definition) is 4. The zero-order valence-electron chi connectivity index (χ0n) is 10.5. The van der Waals surface area contributed by atoms with E-state index in [4.69, 9.17) is 11.6 Å². The molecule has 2 aromatic rings. The summed E-state index contributed by atoms with van der Waals surface area (Å²) < 4.78 is 27.0. The first-order chi connectivity index (χ1) is 8.94. The number of thiazole rings is 1. The first-order valence-corrected chi connectivity index (χ1v) is 8.40. The predicted octanol–water partition coefficient (Wildman–Crippen LogP) is 3.47. The Balaban J connectivity index is 2.35. The van der Waals surface area contributed by atoms with Crippen LogP contribution < -0.4 is 4.72 Å². The third-order valence-corrected chi connectivity index (χ3v) is 5.47. The Morgan fingerprint density at radius 3 is 2.79 bits per heavy atom. The van der Waals surface area contributed by atoms with Crippen LogP contribution in [0.15, 0.2) is 28.5 Å². The quantitative estimate of drug-likeness (QED) is 0.939. The molecular weight excluding hydrogens is 304 g/mol. The Kier molecular flexibility index (Phi) is 4.13. The van der Waals surface area contributed by atoms with Gasteiger partial charge in [0, 0.05) is 10.4 Å². The number of aryl methyl sites for hydroxylation is 1. The molecule has 1 heterocycles. The molecule has 0 aliphatic heterocycles.